The second-order valence-corrected chi connectivity index (χ2v) is 4.52. The van der Waals surface area contributed by atoms with Gasteiger partial charge in [-0.1, -0.05) is 0 Å². The van der Waals surface area contributed by atoms with Crippen LogP contribution in [0.15, 0.2) is 0 Å². The Bertz CT molecular complexity index is 318. The van der Waals surface area contributed by atoms with Crippen LogP contribution in [0.4, 0.5) is 0 Å². The Kier molecular flexibility index (Phi) is 3.45. The normalized spacial score (nSPS) is 44.9. The Balaban J connectivity index is 3.06. The van der Waals surface area contributed by atoms with Gasteiger partial charge in [-0.2, -0.15) is 0 Å². The second kappa shape index (κ2) is 3.96. The van der Waals surface area contributed by atoms with Crippen molar-refractivity contribution in [2.24, 2.45) is 11.5 Å². The van der Waals surface area contributed by atoms with E-state index in [9.17, 15) is 14.8 Å². The van der Waals surface area contributed by atoms with Crippen LogP contribution in [0.2, 0.25) is 0 Å². The van der Waals surface area contributed by atoms with Gasteiger partial charge in [-0.15, -0.1) is 0 Å². The van der Waals surface area contributed by atoms with E-state index in [0.717, 1.165) is 0 Å². The lowest BCUT2D eigenvalue weighted by Gasteiger charge is -2.36. The Morgan fingerprint density at radius 3 is 2.25 bits per heavy atom. The molecule has 0 spiro atoms. The largest absolute Gasteiger partial charge is 0.471 e. The maximum absolute atomic E-state index is 10.6. The van der Waals surface area contributed by atoms with Crippen molar-refractivity contribution >= 4 is 7.82 Å². The molecule has 1 heterocycles. The molecule has 4 atom stereocenters. The lowest BCUT2D eigenvalue weighted by Crippen LogP contribution is -2.71. The van der Waals surface area contributed by atoms with Gasteiger partial charge < -0.3 is 29.8 Å². The van der Waals surface area contributed by atoms with Gasteiger partial charge in [0.25, 0.3) is 0 Å². The SMILES string of the molecule is N[C@]1(OP(=O)(O)O)C(O)O[C@H](CO)[C@@]1(N)O. The number of aliphatic hydroxyl groups excluding tert-OH is 2. The minimum atomic E-state index is -5.12. The second-order valence-electron chi connectivity index (χ2n) is 3.36. The highest BCUT2D eigenvalue weighted by atomic mass is 31.2. The molecule has 0 saturated carbocycles. The first kappa shape index (κ1) is 13.9. The van der Waals surface area contributed by atoms with Crippen LogP contribution in [0.25, 0.3) is 0 Å². The molecule has 0 radical (unpaired) electrons. The third-order valence-electron chi connectivity index (χ3n) is 2.21. The Morgan fingerprint density at radius 2 is 1.94 bits per heavy atom. The smallest absolute Gasteiger partial charge is 0.393 e. The molecule has 1 rings (SSSR count). The van der Waals surface area contributed by atoms with Crippen LogP contribution in [0.3, 0.4) is 0 Å². The average molecular weight is 260 g/mol. The molecule has 0 amide bonds. The molecule has 11 heteroatoms. The Hall–Kier alpha value is -0.130. The van der Waals surface area contributed by atoms with Gasteiger partial charge in [0.2, 0.25) is 12.0 Å². The third-order valence-corrected chi connectivity index (χ3v) is 2.75. The molecule has 0 aromatic heterocycles. The van der Waals surface area contributed by atoms with Crippen LogP contribution in [0.1, 0.15) is 0 Å². The van der Waals surface area contributed by atoms with Crippen LogP contribution in [0.5, 0.6) is 0 Å². The molecule has 0 bridgehead atoms. The molecular formula is C5H13N2O8P. The Morgan fingerprint density at radius 1 is 1.44 bits per heavy atom. The minimum Gasteiger partial charge on any atom is -0.393 e. The van der Waals surface area contributed by atoms with E-state index in [1.165, 1.54) is 0 Å². The monoisotopic (exact) mass is 260 g/mol. The first-order valence-electron chi connectivity index (χ1n) is 4.05. The van der Waals surface area contributed by atoms with Crippen molar-refractivity contribution < 1.29 is 38.9 Å². The molecule has 1 unspecified atom stereocenters. The first-order valence-corrected chi connectivity index (χ1v) is 5.58. The fraction of sp³-hybridized carbons (Fsp3) is 1.00. The zero-order valence-corrected chi connectivity index (χ0v) is 8.82. The Labute approximate surface area is 89.6 Å². The van der Waals surface area contributed by atoms with Gasteiger partial charge >= 0.3 is 7.82 Å². The van der Waals surface area contributed by atoms with Crippen molar-refractivity contribution in [1.82, 2.24) is 0 Å². The summed E-state index contributed by atoms with van der Waals surface area (Å²) in [5.41, 5.74) is 5.07. The van der Waals surface area contributed by atoms with E-state index >= 15 is 0 Å². The molecule has 1 aliphatic heterocycles. The van der Waals surface area contributed by atoms with Crippen molar-refractivity contribution in [3.63, 3.8) is 0 Å². The van der Waals surface area contributed by atoms with Gasteiger partial charge in [-0.3, -0.25) is 16.0 Å². The van der Waals surface area contributed by atoms with Crippen molar-refractivity contribution in [2.45, 2.75) is 23.8 Å². The van der Waals surface area contributed by atoms with E-state index in [-0.39, 0.29) is 0 Å². The van der Waals surface area contributed by atoms with Crippen molar-refractivity contribution in [1.29, 1.82) is 0 Å². The van der Waals surface area contributed by atoms with Gasteiger partial charge in [0.15, 0.2) is 5.72 Å². The molecule has 16 heavy (non-hydrogen) atoms. The van der Waals surface area contributed by atoms with E-state index in [4.69, 9.17) is 26.4 Å². The molecule has 0 aromatic rings. The topological polar surface area (TPSA) is 189 Å². The summed E-state index contributed by atoms with van der Waals surface area (Å²) in [7, 11) is -5.12. The highest BCUT2D eigenvalue weighted by Gasteiger charge is 2.66. The molecule has 1 saturated heterocycles. The molecule has 1 fully saturated rings. The predicted octanol–water partition coefficient (Wildman–Crippen LogP) is -3.89. The number of hydrogen-bond acceptors (Lipinski definition) is 8. The summed E-state index contributed by atoms with van der Waals surface area (Å²) in [5, 5.41) is 27.7. The summed E-state index contributed by atoms with van der Waals surface area (Å²) in [5.74, 6) is 0. The molecule has 0 aliphatic carbocycles. The molecule has 1 aliphatic rings. The summed E-state index contributed by atoms with van der Waals surface area (Å²) in [4.78, 5) is 17.1. The van der Waals surface area contributed by atoms with Crippen LogP contribution >= 0.6 is 7.82 Å². The van der Waals surface area contributed by atoms with Crippen molar-refractivity contribution in [3.05, 3.63) is 0 Å². The molecule has 10 nitrogen and oxygen atoms in total. The number of rotatable bonds is 3. The molecular weight excluding hydrogens is 247 g/mol. The van der Waals surface area contributed by atoms with Gasteiger partial charge in [0, 0.05) is 0 Å². The summed E-state index contributed by atoms with van der Waals surface area (Å²) in [6.45, 7) is -0.826. The highest BCUT2D eigenvalue weighted by molar-refractivity contribution is 7.46. The van der Waals surface area contributed by atoms with E-state index in [0.29, 0.717) is 0 Å². The van der Waals surface area contributed by atoms with Gasteiger partial charge in [-0.05, 0) is 0 Å². The third kappa shape index (κ3) is 2.13. The molecule has 96 valence electrons. The fourth-order valence-electron chi connectivity index (χ4n) is 1.31. The summed E-state index contributed by atoms with van der Waals surface area (Å²) < 4.78 is 19.2. The summed E-state index contributed by atoms with van der Waals surface area (Å²) in [6.07, 6.45) is -3.65. The lowest BCUT2D eigenvalue weighted by molar-refractivity contribution is -0.182. The van der Waals surface area contributed by atoms with E-state index < -0.39 is 38.3 Å². The van der Waals surface area contributed by atoms with Crippen LogP contribution in [-0.2, 0) is 13.8 Å². The fourth-order valence-corrected chi connectivity index (χ4v) is 1.94. The van der Waals surface area contributed by atoms with Crippen LogP contribution in [0, 0.1) is 0 Å². The number of phosphoric acid groups is 1. The molecule has 9 N–H and O–H groups in total. The number of hydrogen-bond donors (Lipinski definition) is 7. The van der Waals surface area contributed by atoms with E-state index in [1.54, 1.807) is 0 Å². The lowest BCUT2D eigenvalue weighted by atomic mass is 9.99. The maximum atomic E-state index is 10.6. The van der Waals surface area contributed by atoms with Gasteiger partial charge in [-0.25, -0.2) is 4.57 Å². The van der Waals surface area contributed by atoms with Gasteiger partial charge in [0.05, 0.1) is 6.61 Å². The van der Waals surface area contributed by atoms with Crippen LogP contribution < -0.4 is 11.5 Å². The van der Waals surface area contributed by atoms with Gasteiger partial charge in [0.1, 0.15) is 6.10 Å². The average Bonchev–Trinajstić information content (AvgIpc) is 2.23. The van der Waals surface area contributed by atoms with E-state index in [1.807, 2.05) is 0 Å². The van der Waals surface area contributed by atoms with Crippen molar-refractivity contribution in [2.75, 3.05) is 6.61 Å². The quantitative estimate of drug-likeness (QED) is 0.195. The predicted molar refractivity (Wildman–Crippen MR) is 47.2 cm³/mol. The molecule has 0 aromatic carbocycles. The zero-order valence-electron chi connectivity index (χ0n) is 7.92. The standard InChI is InChI=1S/C5H13N2O8P/c6-4(10)2(1-8)14-3(9)5(4,7)15-16(11,12)13/h2-3,8-10H,1,6-7H2,(H2,11,12,13)/t2-,3?,4-,5+/m1/s1. The summed E-state index contributed by atoms with van der Waals surface area (Å²) >= 11 is 0. The number of phosphoric ester groups is 1. The van der Waals surface area contributed by atoms with Crippen molar-refractivity contribution in [3.8, 4) is 0 Å². The van der Waals surface area contributed by atoms with Crippen LogP contribution in [-0.4, -0.2) is 55.6 Å². The number of aliphatic hydroxyl groups is 3. The maximum Gasteiger partial charge on any atom is 0.471 e. The number of ether oxygens (including phenoxy) is 1. The minimum absolute atomic E-state index is 0.826. The zero-order chi connectivity index (χ0) is 12.8. The summed E-state index contributed by atoms with van der Waals surface area (Å²) in [6, 6.07) is 0. The number of nitrogens with two attached hydrogens (primary N) is 2. The highest BCUT2D eigenvalue weighted by Crippen LogP contribution is 2.47. The van der Waals surface area contributed by atoms with E-state index in [2.05, 4.69) is 9.26 Å². The first-order chi connectivity index (χ1) is 7.04.